The van der Waals surface area contributed by atoms with Crippen molar-refractivity contribution in [1.82, 2.24) is 9.97 Å². The molecule has 0 unspecified atom stereocenters. The first-order chi connectivity index (χ1) is 6.74. The summed E-state index contributed by atoms with van der Waals surface area (Å²) < 4.78 is 5.33. The van der Waals surface area contributed by atoms with Gasteiger partial charge < -0.3 is 14.8 Å². The van der Waals surface area contributed by atoms with E-state index in [1.54, 1.807) is 6.20 Å². The second-order valence-electron chi connectivity index (χ2n) is 4.09. The van der Waals surface area contributed by atoms with E-state index in [4.69, 9.17) is 9.84 Å². The van der Waals surface area contributed by atoms with Crippen molar-refractivity contribution in [2.45, 2.75) is 31.8 Å². The molecule has 0 spiro atoms. The molecule has 0 bridgehead atoms. The fourth-order valence-corrected chi connectivity index (χ4v) is 1.80. The van der Waals surface area contributed by atoms with Crippen LogP contribution in [0, 0.1) is 0 Å². The second kappa shape index (κ2) is 3.71. The van der Waals surface area contributed by atoms with E-state index >= 15 is 0 Å². The molecule has 0 atom stereocenters. The Morgan fingerprint density at radius 1 is 1.57 bits per heavy atom. The molecule has 4 nitrogen and oxygen atoms in total. The van der Waals surface area contributed by atoms with Crippen LogP contribution in [0.3, 0.4) is 0 Å². The molecule has 14 heavy (non-hydrogen) atoms. The van der Waals surface area contributed by atoms with Gasteiger partial charge in [0.05, 0.1) is 18.5 Å². The maximum atomic E-state index is 8.94. The van der Waals surface area contributed by atoms with Crippen molar-refractivity contribution in [3.63, 3.8) is 0 Å². The Balaban J connectivity index is 2.19. The highest BCUT2D eigenvalue weighted by Gasteiger charge is 2.31. The number of aromatic nitrogens is 2. The van der Waals surface area contributed by atoms with Gasteiger partial charge in [-0.15, -0.1) is 0 Å². The lowest BCUT2D eigenvalue weighted by Gasteiger charge is -2.31. The van der Waals surface area contributed by atoms with E-state index < -0.39 is 0 Å². The number of aliphatic hydroxyl groups is 1. The lowest BCUT2D eigenvalue weighted by Crippen LogP contribution is -2.31. The van der Waals surface area contributed by atoms with Crippen molar-refractivity contribution in [2.24, 2.45) is 0 Å². The second-order valence-corrected chi connectivity index (χ2v) is 4.09. The molecule has 1 fully saturated rings. The average molecular weight is 196 g/mol. The number of hydrogen-bond donors (Lipinski definition) is 2. The third-order valence-electron chi connectivity index (χ3n) is 2.97. The molecule has 0 saturated carbocycles. The summed E-state index contributed by atoms with van der Waals surface area (Å²) in [6.45, 7) is 3.81. The first kappa shape index (κ1) is 9.68. The third-order valence-corrected chi connectivity index (χ3v) is 2.97. The van der Waals surface area contributed by atoms with Crippen molar-refractivity contribution in [2.75, 3.05) is 13.2 Å². The number of H-pyrrole nitrogens is 1. The maximum absolute atomic E-state index is 8.94. The minimum atomic E-state index is 0.0274. The molecular weight excluding hydrogens is 180 g/mol. The number of nitrogens with one attached hydrogen (secondary N) is 1. The van der Waals surface area contributed by atoms with Gasteiger partial charge in [0.25, 0.3) is 0 Å². The van der Waals surface area contributed by atoms with Crippen LogP contribution in [0.4, 0.5) is 0 Å². The van der Waals surface area contributed by atoms with Gasteiger partial charge in [0.2, 0.25) is 0 Å². The summed E-state index contributed by atoms with van der Waals surface area (Å²) in [5.74, 6) is 0.977. The summed E-state index contributed by atoms with van der Waals surface area (Å²) in [4.78, 5) is 7.47. The standard InChI is InChI=1S/C10H16N2O2/c1-10(2-4-14-5-3-10)9-11-6-8(7-13)12-9/h6,13H,2-5,7H2,1H3,(H,11,12). The molecule has 2 N–H and O–H groups in total. The van der Waals surface area contributed by atoms with Crippen molar-refractivity contribution >= 4 is 0 Å². The van der Waals surface area contributed by atoms with E-state index in [2.05, 4.69) is 16.9 Å². The highest BCUT2D eigenvalue weighted by molar-refractivity contribution is 5.11. The van der Waals surface area contributed by atoms with Crippen LogP contribution >= 0.6 is 0 Å². The minimum Gasteiger partial charge on any atom is -0.390 e. The SMILES string of the molecule is CC1(c2ncc(CO)[nH]2)CCOCC1. The smallest absolute Gasteiger partial charge is 0.112 e. The van der Waals surface area contributed by atoms with E-state index in [1.165, 1.54) is 0 Å². The lowest BCUT2D eigenvalue weighted by atomic mass is 9.82. The topological polar surface area (TPSA) is 58.1 Å². The first-order valence-electron chi connectivity index (χ1n) is 4.97. The molecule has 1 aliphatic heterocycles. The monoisotopic (exact) mass is 196 g/mol. The largest absolute Gasteiger partial charge is 0.390 e. The summed E-state index contributed by atoms with van der Waals surface area (Å²) in [5.41, 5.74) is 0.874. The van der Waals surface area contributed by atoms with E-state index in [0.29, 0.717) is 0 Å². The molecule has 0 aromatic carbocycles. The van der Waals surface area contributed by atoms with Gasteiger partial charge in [0.15, 0.2) is 0 Å². The highest BCUT2D eigenvalue weighted by atomic mass is 16.5. The number of aromatic amines is 1. The fourth-order valence-electron chi connectivity index (χ4n) is 1.80. The van der Waals surface area contributed by atoms with Crippen LogP contribution in [0.1, 0.15) is 31.3 Å². The Morgan fingerprint density at radius 3 is 2.86 bits per heavy atom. The Morgan fingerprint density at radius 2 is 2.29 bits per heavy atom. The quantitative estimate of drug-likeness (QED) is 0.741. The zero-order chi connectivity index (χ0) is 10.0. The van der Waals surface area contributed by atoms with Crippen molar-refractivity contribution < 1.29 is 9.84 Å². The maximum Gasteiger partial charge on any atom is 0.112 e. The van der Waals surface area contributed by atoms with Gasteiger partial charge in [-0.05, 0) is 12.8 Å². The summed E-state index contributed by atoms with van der Waals surface area (Å²) in [7, 11) is 0. The molecule has 0 aliphatic carbocycles. The predicted molar refractivity (Wildman–Crippen MR) is 51.9 cm³/mol. The molecule has 2 heterocycles. The number of ether oxygens (including phenoxy) is 1. The van der Waals surface area contributed by atoms with Crippen LogP contribution in [-0.4, -0.2) is 28.3 Å². The summed E-state index contributed by atoms with van der Waals surface area (Å²) in [6, 6.07) is 0. The van der Waals surface area contributed by atoms with Gasteiger partial charge in [-0.2, -0.15) is 0 Å². The first-order valence-corrected chi connectivity index (χ1v) is 4.97. The number of imidazole rings is 1. The molecule has 4 heteroatoms. The third kappa shape index (κ3) is 1.67. The minimum absolute atomic E-state index is 0.0274. The normalized spacial score (nSPS) is 21.0. The molecule has 1 aromatic rings. The van der Waals surface area contributed by atoms with Gasteiger partial charge in [-0.1, -0.05) is 6.92 Å². The Hall–Kier alpha value is -0.870. The van der Waals surface area contributed by atoms with E-state index in [-0.39, 0.29) is 12.0 Å². The predicted octanol–water partition coefficient (Wildman–Crippen LogP) is 0.970. The van der Waals surface area contributed by atoms with Crippen molar-refractivity contribution in [3.8, 4) is 0 Å². The van der Waals surface area contributed by atoms with Crippen LogP contribution in [0.2, 0.25) is 0 Å². The van der Waals surface area contributed by atoms with E-state index in [0.717, 1.165) is 37.6 Å². The average Bonchev–Trinajstić information content (AvgIpc) is 2.67. The fraction of sp³-hybridized carbons (Fsp3) is 0.700. The molecule has 0 radical (unpaired) electrons. The summed E-state index contributed by atoms with van der Waals surface area (Å²) in [5, 5.41) is 8.94. The van der Waals surface area contributed by atoms with Crippen molar-refractivity contribution in [1.29, 1.82) is 0 Å². The van der Waals surface area contributed by atoms with E-state index in [1.807, 2.05) is 0 Å². The van der Waals surface area contributed by atoms with Crippen LogP contribution in [0.15, 0.2) is 6.20 Å². The number of hydrogen-bond acceptors (Lipinski definition) is 3. The zero-order valence-corrected chi connectivity index (χ0v) is 8.42. The summed E-state index contributed by atoms with van der Waals surface area (Å²) >= 11 is 0. The molecule has 0 amide bonds. The number of rotatable bonds is 2. The van der Waals surface area contributed by atoms with Crippen LogP contribution in [0.25, 0.3) is 0 Å². The Kier molecular flexibility index (Phi) is 2.56. The molecule has 1 saturated heterocycles. The number of nitrogens with zero attached hydrogens (tertiary/aromatic N) is 1. The molecule has 1 aromatic heterocycles. The lowest BCUT2D eigenvalue weighted by molar-refractivity contribution is 0.0537. The van der Waals surface area contributed by atoms with Gasteiger partial charge in [0.1, 0.15) is 5.82 Å². The molecule has 2 rings (SSSR count). The number of aliphatic hydroxyl groups excluding tert-OH is 1. The molecule has 78 valence electrons. The Bertz CT molecular complexity index is 303. The van der Waals surface area contributed by atoms with Crippen molar-refractivity contribution in [3.05, 3.63) is 17.7 Å². The van der Waals surface area contributed by atoms with Gasteiger partial charge in [-0.3, -0.25) is 0 Å². The molecular formula is C10H16N2O2. The Labute approximate surface area is 83.3 Å². The highest BCUT2D eigenvalue weighted by Crippen LogP contribution is 2.31. The van der Waals surface area contributed by atoms with Crippen LogP contribution in [0.5, 0.6) is 0 Å². The van der Waals surface area contributed by atoms with Gasteiger partial charge in [0, 0.05) is 18.6 Å². The van der Waals surface area contributed by atoms with Gasteiger partial charge in [-0.25, -0.2) is 4.98 Å². The molecule has 1 aliphatic rings. The van der Waals surface area contributed by atoms with Crippen LogP contribution < -0.4 is 0 Å². The van der Waals surface area contributed by atoms with E-state index in [9.17, 15) is 0 Å². The van der Waals surface area contributed by atoms with Crippen LogP contribution in [-0.2, 0) is 16.8 Å². The zero-order valence-electron chi connectivity index (χ0n) is 8.42. The summed E-state index contributed by atoms with van der Waals surface area (Å²) in [6.07, 6.45) is 3.69. The van der Waals surface area contributed by atoms with Gasteiger partial charge >= 0.3 is 0 Å².